The number of rotatable bonds is 2. The summed E-state index contributed by atoms with van der Waals surface area (Å²) in [5.41, 5.74) is 2.91. The maximum absolute atomic E-state index is 12.6. The number of benzene rings is 1. The van der Waals surface area contributed by atoms with E-state index in [1.807, 2.05) is 43.5 Å². The zero-order valence-electron chi connectivity index (χ0n) is 14.2. The third-order valence-corrected chi connectivity index (χ3v) is 5.78. The Kier molecular flexibility index (Phi) is 3.50. The quantitative estimate of drug-likeness (QED) is 0.916. The van der Waals surface area contributed by atoms with Crippen molar-refractivity contribution in [2.45, 2.75) is 25.2 Å². The maximum atomic E-state index is 12.6. The van der Waals surface area contributed by atoms with Crippen LogP contribution in [0.5, 0.6) is 5.75 Å². The van der Waals surface area contributed by atoms with Crippen molar-refractivity contribution in [1.29, 1.82) is 5.26 Å². The van der Waals surface area contributed by atoms with Gasteiger partial charge in [0.25, 0.3) is 0 Å². The molecule has 0 spiro atoms. The highest BCUT2D eigenvalue weighted by molar-refractivity contribution is 6.02. The first kappa shape index (κ1) is 15.6. The smallest absolute Gasteiger partial charge is 0.176 e. The molecule has 4 rings (SSSR count). The molecule has 2 unspecified atom stereocenters. The average Bonchev–Trinajstić information content (AvgIpc) is 3.14. The minimum atomic E-state index is -0.533. The van der Waals surface area contributed by atoms with Gasteiger partial charge in [-0.1, -0.05) is 19.1 Å². The molecule has 0 radical (unpaired) electrons. The molecule has 0 saturated heterocycles. The summed E-state index contributed by atoms with van der Waals surface area (Å²) in [4.78, 5) is 12.6. The van der Waals surface area contributed by atoms with Crippen LogP contribution >= 0.6 is 0 Å². The zero-order chi connectivity index (χ0) is 17.6. The molecule has 25 heavy (non-hydrogen) atoms. The molecule has 1 aromatic carbocycles. The number of nitrogens with zero attached hydrogens (tertiary/aromatic N) is 2. The number of ketones is 1. The van der Waals surface area contributed by atoms with E-state index in [1.54, 1.807) is 7.11 Å². The lowest BCUT2D eigenvalue weighted by Gasteiger charge is -2.47. The second kappa shape index (κ2) is 5.59. The Bertz CT molecular complexity index is 904. The Morgan fingerprint density at radius 2 is 2.12 bits per heavy atom. The van der Waals surface area contributed by atoms with E-state index in [2.05, 4.69) is 16.3 Å². The van der Waals surface area contributed by atoms with Crippen LogP contribution in [0.1, 0.15) is 30.2 Å². The predicted molar refractivity (Wildman–Crippen MR) is 92.0 cm³/mol. The van der Waals surface area contributed by atoms with Crippen LogP contribution < -0.4 is 4.74 Å². The number of aromatic nitrogens is 2. The van der Waals surface area contributed by atoms with E-state index in [1.165, 1.54) is 0 Å². The van der Waals surface area contributed by atoms with Gasteiger partial charge in [0.2, 0.25) is 0 Å². The van der Waals surface area contributed by atoms with Crippen LogP contribution in [0.15, 0.2) is 42.1 Å². The first-order chi connectivity index (χ1) is 12.1. The van der Waals surface area contributed by atoms with Crippen molar-refractivity contribution in [2.75, 3.05) is 7.11 Å². The number of carbonyl (C=O) groups excluding carboxylic acids is 1. The molecule has 2 aliphatic rings. The molecule has 0 amide bonds. The topological polar surface area (TPSA) is 78.8 Å². The van der Waals surface area contributed by atoms with Crippen molar-refractivity contribution >= 4 is 5.78 Å². The highest BCUT2D eigenvalue weighted by atomic mass is 16.5. The fraction of sp³-hybridized carbons (Fsp3) is 0.350. The number of hydrogen-bond donors (Lipinski definition) is 1. The van der Waals surface area contributed by atoms with E-state index in [0.29, 0.717) is 0 Å². The van der Waals surface area contributed by atoms with Crippen LogP contribution in [-0.4, -0.2) is 23.1 Å². The third kappa shape index (κ3) is 2.07. The van der Waals surface area contributed by atoms with E-state index in [9.17, 15) is 10.1 Å². The van der Waals surface area contributed by atoms with Crippen LogP contribution in [0.2, 0.25) is 0 Å². The Hall–Kier alpha value is -2.87. The molecular weight excluding hydrogens is 314 g/mol. The second-order valence-corrected chi connectivity index (χ2v) is 6.84. The van der Waals surface area contributed by atoms with E-state index in [-0.39, 0.29) is 23.2 Å². The van der Waals surface area contributed by atoms with Gasteiger partial charge in [-0.15, -0.1) is 0 Å². The predicted octanol–water partition coefficient (Wildman–Crippen LogP) is 2.94. The first-order valence-corrected chi connectivity index (χ1v) is 8.46. The highest BCUT2D eigenvalue weighted by Gasteiger charge is 2.52. The lowest BCUT2D eigenvalue weighted by Crippen LogP contribution is -2.48. The SMILES string of the molecule is COc1ccc([C@]23C=C(C#N)C(=O)C(C)C2CCc2cn[nH]c23)cc1. The monoisotopic (exact) mass is 333 g/mol. The van der Waals surface area contributed by atoms with Crippen molar-refractivity contribution in [1.82, 2.24) is 10.2 Å². The fourth-order valence-corrected chi connectivity index (χ4v) is 4.53. The number of carbonyl (C=O) groups is 1. The number of ether oxygens (including phenoxy) is 1. The number of methoxy groups -OCH3 is 1. The van der Waals surface area contributed by atoms with Crippen LogP contribution in [-0.2, 0) is 16.6 Å². The molecule has 126 valence electrons. The minimum Gasteiger partial charge on any atom is -0.497 e. The number of H-pyrrole nitrogens is 1. The Balaban J connectivity index is 2.02. The Morgan fingerprint density at radius 3 is 2.80 bits per heavy atom. The third-order valence-electron chi connectivity index (χ3n) is 5.78. The molecule has 0 fully saturated rings. The summed E-state index contributed by atoms with van der Waals surface area (Å²) in [5, 5.41) is 16.9. The summed E-state index contributed by atoms with van der Waals surface area (Å²) in [7, 11) is 1.64. The van der Waals surface area contributed by atoms with Gasteiger partial charge in [-0.25, -0.2) is 0 Å². The van der Waals surface area contributed by atoms with E-state index in [4.69, 9.17) is 4.74 Å². The van der Waals surface area contributed by atoms with E-state index >= 15 is 0 Å². The summed E-state index contributed by atoms with van der Waals surface area (Å²) in [6.45, 7) is 1.94. The van der Waals surface area contributed by atoms with Crippen LogP contribution in [0.4, 0.5) is 0 Å². The Labute approximate surface area is 146 Å². The summed E-state index contributed by atoms with van der Waals surface area (Å²) in [6.07, 6.45) is 5.50. The molecule has 0 bridgehead atoms. The standard InChI is InChI=1S/C20H19N3O2/c1-12-17-8-3-13-11-22-23-19(13)20(17,9-14(10-21)18(12)24)15-4-6-16(25-2)7-5-15/h4-7,9,11-12,17H,3,8H2,1-2H3,(H,22,23)/t12?,17?,20-/m1/s1. The van der Waals surface area contributed by atoms with Gasteiger partial charge in [0.1, 0.15) is 11.8 Å². The van der Waals surface area contributed by atoms with Gasteiger partial charge in [0.15, 0.2) is 5.78 Å². The van der Waals surface area contributed by atoms with Crippen molar-refractivity contribution in [3.8, 4) is 11.8 Å². The van der Waals surface area contributed by atoms with Gasteiger partial charge in [0, 0.05) is 5.92 Å². The van der Waals surface area contributed by atoms with Crippen LogP contribution in [0, 0.1) is 23.2 Å². The summed E-state index contributed by atoms with van der Waals surface area (Å²) < 4.78 is 5.28. The molecule has 5 heteroatoms. The molecule has 1 aromatic heterocycles. The van der Waals surface area contributed by atoms with Crippen molar-refractivity contribution in [2.24, 2.45) is 11.8 Å². The fourth-order valence-electron chi connectivity index (χ4n) is 4.53. The van der Waals surface area contributed by atoms with E-state index < -0.39 is 5.41 Å². The summed E-state index contributed by atoms with van der Waals surface area (Å²) in [6, 6.07) is 10.0. The van der Waals surface area contributed by atoms with Crippen LogP contribution in [0.25, 0.3) is 0 Å². The Morgan fingerprint density at radius 1 is 1.36 bits per heavy atom. The molecule has 2 aromatic rings. The van der Waals surface area contributed by atoms with Crippen molar-refractivity contribution < 1.29 is 9.53 Å². The molecular formula is C20H19N3O2. The minimum absolute atomic E-state index is 0.0559. The summed E-state index contributed by atoms with van der Waals surface area (Å²) in [5.74, 6) is 0.609. The van der Waals surface area contributed by atoms with Gasteiger partial charge in [-0.05, 0) is 48.1 Å². The molecule has 0 saturated carbocycles. The van der Waals surface area contributed by atoms with Crippen molar-refractivity contribution in [3.63, 3.8) is 0 Å². The number of fused-ring (bicyclic) bond motifs is 3. The first-order valence-electron chi connectivity index (χ1n) is 8.46. The molecule has 0 aliphatic heterocycles. The van der Waals surface area contributed by atoms with Gasteiger partial charge in [0.05, 0.1) is 30.0 Å². The molecule has 3 atom stereocenters. The van der Waals surface area contributed by atoms with E-state index in [0.717, 1.165) is 35.4 Å². The number of allylic oxidation sites excluding steroid dienone is 2. The highest BCUT2D eigenvalue weighted by Crippen LogP contribution is 2.53. The number of Topliss-reactive ketones (excluding diaryl/α,β-unsaturated/α-hetero) is 1. The van der Waals surface area contributed by atoms with Gasteiger partial charge in [-0.2, -0.15) is 10.4 Å². The number of nitriles is 1. The number of aryl methyl sites for hydroxylation is 1. The van der Waals surface area contributed by atoms with Gasteiger partial charge in [-0.3, -0.25) is 9.89 Å². The maximum Gasteiger partial charge on any atom is 0.176 e. The largest absolute Gasteiger partial charge is 0.497 e. The average molecular weight is 333 g/mol. The normalized spacial score (nSPS) is 27.7. The van der Waals surface area contributed by atoms with Gasteiger partial charge < -0.3 is 4.74 Å². The van der Waals surface area contributed by atoms with Gasteiger partial charge >= 0.3 is 0 Å². The number of aromatic amines is 1. The second-order valence-electron chi connectivity index (χ2n) is 6.84. The summed E-state index contributed by atoms with van der Waals surface area (Å²) >= 11 is 0. The zero-order valence-corrected chi connectivity index (χ0v) is 14.2. The van der Waals surface area contributed by atoms with Crippen molar-refractivity contribution in [3.05, 3.63) is 58.9 Å². The lowest BCUT2D eigenvalue weighted by molar-refractivity contribution is -0.121. The lowest BCUT2D eigenvalue weighted by atomic mass is 9.54. The molecule has 5 nitrogen and oxygen atoms in total. The number of hydrogen-bond acceptors (Lipinski definition) is 4. The van der Waals surface area contributed by atoms with Crippen LogP contribution in [0.3, 0.4) is 0 Å². The molecule has 1 heterocycles. The molecule has 1 N–H and O–H groups in total. The number of nitrogens with one attached hydrogen (secondary N) is 1. The molecule has 2 aliphatic carbocycles.